The number of aryl methyl sites for hydroxylation is 1. The minimum Gasteiger partial charge on any atom is -0.497 e. The lowest BCUT2D eigenvalue weighted by atomic mass is 9.98. The summed E-state index contributed by atoms with van der Waals surface area (Å²) in [4.78, 5) is 11.8. The van der Waals surface area contributed by atoms with Crippen molar-refractivity contribution < 1.29 is 32.7 Å². The van der Waals surface area contributed by atoms with Crippen LogP contribution < -0.4 is 14.2 Å². The van der Waals surface area contributed by atoms with Crippen LogP contribution in [0.2, 0.25) is 0 Å². The minimum atomic E-state index is -0.462. The van der Waals surface area contributed by atoms with E-state index in [-0.39, 0.29) is 34.7 Å². The van der Waals surface area contributed by atoms with Gasteiger partial charge in [0.15, 0.2) is 11.4 Å². The number of nitrogens with zero attached hydrogens (tertiary/aromatic N) is 1. The molecule has 2 fully saturated rings. The van der Waals surface area contributed by atoms with E-state index < -0.39 is 5.82 Å². The Morgan fingerprint density at radius 3 is 2.48 bits per heavy atom. The molecule has 1 heterocycles. The Labute approximate surface area is 234 Å². The van der Waals surface area contributed by atoms with Gasteiger partial charge in [-0.25, -0.2) is 4.39 Å². The highest BCUT2D eigenvalue weighted by Gasteiger charge is 2.64. The molecule has 5 rings (SSSR count). The second-order valence-electron chi connectivity index (χ2n) is 11.9. The summed E-state index contributed by atoms with van der Waals surface area (Å²) in [7, 11) is 2.93. The van der Waals surface area contributed by atoms with Crippen molar-refractivity contribution in [1.82, 2.24) is 5.16 Å². The van der Waals surface area contributed by atoms with E-state index in [1.54, 1.807) is 12.1 Å². The quantitative estimate of drug-likeness (QED) is 0.222. The highest BCUT2D eigenvalue weighted by atomic mass is 19.1. The van der Waals surface area contributed by atoms with Gasteiger partial charge >= 0.3 is 5.97 Å². The summed E-state index contributed by atoms with van der Waals surface area (Å²) in [5.41, 5.74) is 3.11. The lowest BCUT2D eigenvalue weighted by Crippen LogP contribution is -2.08. The highest BCUT2D eigenvalue weighted by Crippen LogP contribution is 2.68. The first-order valence-corrected chi connectivity index (χ1v) is 13.8. The lowest BCUT2D eigenvalue weighted by molar-refractivity contribution is -0.140. The van der Waals surface area contributed by atoms with Crippen molar-refractivity contribution in [2.75, 3.05) is 20.8 Å². The topological polar surface area (TPSA) is 80.0 Å². The molecule has 0 saturated heterocycles. The third kappa shape index (κ3) is 5.28. The normalized spacial score (nSPS) is 17.4. The molecule has 2 saturated carbocycles. The molecule has 1 aromatic heterocycles. The molecule has 0 bridgehead atoms. The van der Waals surface area contributed by atoms with Crippen LogP contribution in [0.25, 0.3) is 11.3 Å². The predicted molar refractivity (Wildman–Crippen MR) is 148 cm³/mol. The molecule has 0 amide bonds. The van der Waals surface area contributed by atoms with Crippen molar-refractivity contribution in [1.29, 1.82) is 0 Å². The van der Waals surface area contributed by atoms with Crippen LogP contribution in [0.1, 0.15) is 69.7 Å². The Morgan fingerprint density at radius 1 is 1.07 bits per heavy atom. The molecule has 2 aromatic carbocycles. The molecule has 7 nitrogen and oxygen atoms in total. The first-order valence-electron chi connectivity index (χ1n) is 13.8. The van der Waals surface area contributed by atoms with E-state index in [2.05, 4.69) is 32.9 Å². The monoisotopic (exact) mass is 551 g/mol. The summed E-state index contributed by atoms with van der Waals surface area (Å²) >= 11 is 0. The van der Waals surface area contributed by atoms with Gasteiger partial charge in [0.1, 0.15) is 23.9 Å². The number of carbonyl (C=O) groups excluding carboxylic acids is 1. The molecular formula is C32H38FNO6. The molecule has 2 aliphatic carbocycles. The van der Waals surface area contributed by atoms with Crippen molar-refractivity contribution in [2.24, 2.45) is 16.7 Å². The molecule has 0 atom stereocenters. The fourth-order valence-corrected chi connectivity index (χ4v) is 5.70. The van der Waals surface area contributed by atoms with E-state index in [1.165, 1.54) is 20.3 Å². The smallest absolute Gasteiger partial charge is 0.305 e. The summed E-state index contributed by atoms with van der Waals surface area (Å²) in [6.45, 7) is 9.45. The molecule has 0 aliphatic heterocycles. The average Bonchev–Trinajstić information content (AvgIpc) is 3.78. The van der Waals surface area contributed by atoms with Crippen LogP contribution in [0.5, 0.6) is 17.2 Å². The second-order valence-corrected chi connectivity index (χ2v) is 11.9. The third-order valence-electron chi connectivity index (χ3n) is 9.18. The number of hydrogen-bond donors (Lipinski definition) is 0. The molecule has 40 heavy (non-hydrogen) atoms. The van der Waals surface area contributed by atoms with E-state index in [9.17, 15) is 9.18 Å². The van der Waals surface area contributed by atoms with E-state index in [0.717, 1.165) is 29.7 Å². The number of rotatable bonds is 12. The van der Waals surface area contributed by atoms with Gasteiger partial charge in [-0.1, -0.05) is 45.0 Å². The van der Waals surface area contributed by atoms with Gasteiger partial charge in [0.2, 0.25) is 5.76 Å². The molecule has 0 unspecified atom stereocenters. The second kappa shape index (κ2) is 10.8. The summed E-state index contributed by atoms with van der Waals surface area (Å²) in [5.74, 6) is 1.85. The lowest BCUT2D eigenvalue weighted by Gasteiger charge is -2.15. The van der Waals surface area contributed by atoms with Gasteiger partial charge in [-0.3, -0.25) is 4.79 Å². The van der Waals surface area contributed by atoms with Crippen LogP contribution in [0, 0.1) is 22.6 Å². The first-order chi connectivity index (χ1) is 19.1. The maximum atomic E-state index is 15.0. The van der Waals surface area contributed by atoms with Crippen molar-refractivity contribution in [2.45, 2.75) is 65.9 Å². The van der Waals surface area contributed by atoms with Gasteiger partial charge in [-0.15, -0.1) is 0 Å². The van der Waals surface area contributed by atoms with Gasteiger partial charge in [0.25, 0.3) is 0 Å². The number of esters is 1. The van der Waals surface area contributed by atoms with E-state index in [0.29, 0.717) is 48.5 Å². The molecule has 0 N–H and O–H groups in total. The van der Waals surface area contributed by atoms with Crippen molar-refractivity contribution in [3.05, 3.63) is 59.0 Å². The molecule has 2 aliphatic rings. The fourth-order valence-electron chi connectivity index (χ4n) is 5.70. The predicted octanol–water partition coefficient (Wildman–Crippen LogP) is 7.11. The van der Waals surface area contributed by atoms with Gasteiger partial charge < -0.3 is 23.5 Å². The maximum absolute atomic E-state index is 15.0. The summed E-state index contributed by atoms with van der Waals surface area (Å²) in [6, 6.07) is 10.4. The van der Waals surface area contributed by atoms with E-state index in [4.69, 9.17) is 23.5 Å². The number of carbonyl (C=O) groups is 1. The zero-order valence-corrected chi connectivity index (χ0v) is 24.1. The van der Waals surface area contributed by atoms with Crippen LogP contribution in [-0.2, 0) is 22.6 Å². The van der Waals surface area contributed by atoms with Crippen molar-refractivity contribution in [3.63, 3.8) is 0 Å². The number of halogens is 1. The molecule has 214 valence electrons. The Kier molecular flexibility index (Phi) is 7.55. The molecule has 0 spiro atoms. The summed E-state index contributed by atoms with van der Waals surface area (Å²) < 4.78 is 43.5. The Hall–Kier alpha value is -3.55. The standard InChI is InChI=1S/C32H38FNO6/c1-31(2)26(32(31,3)4)18-39-30-24(34-40-29(30)22-16-21(36-5)13-14-23(22)33)17-38-25-9-7-8-19(12-15-27(35)37-6)28(25)20-10-11-20/h7-9,13-14,16,20,26H,10-12,15,17-18H2,1-6H3. The van der Waals surface area contributed by atoms with Crippen molar-refractivity contribution >= 4 is 5.97 Å². The zero-order chi connectivity index (χ0) is 28.7. The zero-order valence-electron chi connectivity index (χ0n) is 24.1. The largest absolute Gasteiger partial charge is 0.497 e. The molecular weight excluding hydrogens is 513 g/mol. The fraction of sp³-hybridized carbons (Fsp3) is 0.500. The molecule has 0 radical (unpaired) electrons. The van der Waals surface area contributed by atoms with Crippen LogP contribution in [0.15, 0.2) is 40.9 Å². The van der Waals surface area contributed by atoms with Crippen LogP contribution in [0.3, 0.4) is 0 Å². The van der Waals surface area contributed by atoms with E-state index in [1.807, 2.05) is 18.2 Å². The Balaban J connectivity index is 1.43. The third-order valence-corrected chi connectivity index (χ3v) is 9.18. The van der Waals surface area contributed by atoms with Gasteiger partial charge in [-0.05, 0) is 65.8 Å². The number of hydrogen-bond acceptors (Lipinski definition) is 7. The van der Waals surface area contributed by atoms with Gasteiger partial charge in [-0.2, -0.15) is 0 Å². The SMILES string of the molecule is COC(=O)CCc1cccc(OCc2noc(-c3cc(OC)ccc3F)c2OCC2C(C)(C)C2(C)C)c1C1CC1. The average molecular weight is 552 g/mol. The Bertz CT molecular complexity index is 1380. The van der Waals surface area contributed by atoms with Crippen molar-refractivity contribution in [3.8, 4) is 28.6 Å². The van der Waals surface area contributed by atoms with Crippen LogP contribution in [0.4, 0.5) is 4.39 Å². The minimum absolute atomic E-state index is 0.0854. The maximum Gasteiger partial charge on any atom is 0.305 e. The van der Waals surface area contributed by atoms with Gasteiger partial charge in [0.05, 0.1) is 26.4 Å². The number of benzene rings is 2. The summed E-state index contributed by atoms with van der Waals surface area (Å²) in [6.07, 6.45) is 3.05. The van der Waals surface area contributed by atoms with E-state index >= 15 is 0 Å². The van der Waals surface area contributed by atoms with Crippen LogP contribution in [-0.4, -0.2) is 32.0 Å². The number of aromatic nitrogens is 1. The summed E-state index contributed by atoms with van der Waals surface area (Å²) in [5, 5.41) is 4.26. The Morgan fingerprint density at radius 2 is 1.82 bits per heavy atom. The first kappa shape index (κ1) is 28.0. The van der Waals surface area contributed by atoms with Gasteiger partial charge in [0, 0.05) is 17.9 Å². The number of ether oxygens (including phenoxy) is 4. The molecule has 8 heteroatoms. The molecule has 3 aromatic rings. The number of methoxy groups -OCH3 is 2. The van der Waals surface area contributed by atoms with Crippen LogP contribution >= 0.6 is 0 Å². The highest BCUT2D eigenvalue weighted by molar-refractivity contribution is 5.70.